The van der Waals surface area contributed by atoms with Crippen molar-refractivity contribution < 1.29 is 9.84 Å². The fourth-order valence-corrected chi connectivity index (χ4v) is 1.08. The van der Waals surface area contributed by atoms with Gasteiger partial charge in [0.25, 0.3) is 0 Å². The third-order valence-electron chi connectivity index (χ3n) is 2.02. The van der Waals surface area contributed by atoms with Crippen molar-refractivity contribution in [3.05, 3.63) is 0 Å². The third kappa shape index (κ3) is 4.30. The molecule has 0 saturated carbocycles. The second kappa shape index (κ2) is 6.31. The van der Waals surface area contributed by atoms with Crippen molar-refractivity contribution in [3.8, 4) is 6.01 Å². The van der Waals surface area contributed by atoms with Crippen LogP contribution in [0.15, 0.2) is 0 Å². The van der Waals surface area contributed by atoms with E-state index in [1.807, 2.05) is 20.8 Å². The molecule has 0 aromatic carbocycles. The Morgan fingerprint density at radius 1 is 1.28 bits per heavy atom. The second-order valence-corrected chi connectivity index (χ2v) is 4.42. The number of ether oxygens (including phenoxy) is 1. The Labute approximate surface area is 106 Å². The maximum Gasteiger partial charge on any atom is 0.323 e. The van der Waals surface area contributed by atoms with Gasteiger partial charge < -0.3 is 15.2 Å². The highest BCUT2D eigenvalue weighted by Crippen LogP contribution is 2.15. The van der Waals surface area contributed by atoms with E-state index in [0.29, 0.717) is 12.6 Å². The Hall–Kier alpha value is -1.67. The van der Waals surface area contributed by atoms with E-state index in [1.54, 1.807) is 0 Å². The zero-order valence-electron chi connectivity index (χ0n) is 10.9. The maximum atomic E-state index is 9.19. The predicted octanol–water partition coefficient (Wildman–Crippen LogP) is 0.129. The van der Waals surface area contributed by atoms with Crippen LogP contribution < -0.4 is 21.3 Å². The first-order valence-electron chi connectivity index (χ1n) is 5.75. The number of nitrogen functional groups attached to an aromatic ring is 1. The number of aliphatic hydroxyl groups is 1. The molecule has 0 aliphatic heterocycles. The van der Waals surface area contributed by atoms with E-state index in [9.17, 15) is 5.11 Å². The minimum absolute atomic E-state index is 0.0603. The molecule has 5 N–H and O–H groups in total. The molecule has 1 aromatic heterocycles. The Morgan fingerprint density at radius 2 is 1.94 bits per heavy atom. The Kier molecular flexibility index (Phi) is 5.05. The molecule has 0 saturated heterocycles. The summed E-state index contributed by atoms with van der Waals surface area (Å²) in [6, 6.07) is 0.191. The molecule has 18 heavy (non-hydrogen) atoms. The van der Waals surface area contributed by atoms with Crippen molar-refractivity contribution >= 4 is 11.9 Å². The topological polar surface area (TPSA) is 118 Å². The highest BCUT2D eigenvalue weighted by atomic mass is 16.5. The van der Waals surface area contributed by atoms with Gasteiger partial charge in [-0.1, -0.05) is 6.92 Å². The first-order chi connectivity index (χ1) is 8.50. The number of rotatable bonds is 7. The SMILES string of the molecule is CCCOc1nc(NN)nc(NC(C)(C)CO)n1. The van der Waals surface area contributed by atoms with Gasteiger partial charge in [-0.15, -0.1) is 0 Å². The van der Waals surface area contributed by atoms with Gasteiger partial charge in [-0.3, -0.25) is 5.43 Å². The number of anilines is 2. The smallest absolute Gasteiger partial charge is 0.323 e. The van der Waals surface area contributed by atoms with E-state index in [0.717, 1.165) is 6.42 Å². The summed E-state index contributed by atoms with van der Waals surface area (Å²) in [6.07, 6.45) is 0.849. The number of hydrogen-bond donors (Lipinski definition) is 4. The van der Waals surface area contributed by atoms with E-state index in [1.165, 1.54) is 0 Å². The summed E-state index contributed by atoms with van der Waals surface area (Å²) in [4.78, 5) is 12.1. The molecule has 1 heterocycles. The van der Waals surface area contributed by atoms with Crippen molar-refractivity contribution in [1.82, 2.24) is 15.0 Å². The van der Waals surface area contributed by atoms with Crippen LogP contribution >= 0.6 is 0 Å². The lowest BCUT2D eigenvalue weighted by Gasteiger charge is -2.23. The fraction of sp³-hybridized carbons (Fsp3) is 0.700. The van der Waals surface area contributed by atoms with E-state index >= 15 is 0 Å². The molecule has 0 unspecified atom stereocenters. The van der Waals surface area contributed by atoms with Gasteiger partial charge in [0, 0.05) is 0 Å². The average molecular weight is 256 g/mol. The predicted molar refractivity (Wildman–Crippen MR) is 68.2 cm³/mol. The van der Waals surface area contributed by atoms with Crippen LogP contribution in [0, 0.1) is 0 Å². The molecule has 102 valence electrons. The van der Waals surface area contributed by atoms with Crippen molar-refractivity contribution in [1.29, 1.82) is 0 Å². The van der Waals surface area contributed by atoms with Gasteiger partial charge in [-0.25, -0.2) is 5.84 Å². The van der Waals surface area contributed by atoms with Crippen molar-refractivity contribution in [3.63, 3.8) is 0 Å². The summed E-state index contributed by atoms with van der Waals surface area (Å²) >= 11 is 0. The van der Waals surface area contributed by atoms with Gasteiger partial charge in [0.2, 0.25) is 11.9 Å². The van der Waals surface area contributed by atoms with Gasteiger partial charge in [0.15, 0.2) is 0 Å². The van der Waals surface area contributed by atoms with Crippen LogP contribution in [0.5, 0.6) is 6.01 Å². The number of nitrogens with zero attached hydrogens (tertiary/aromatic N) is 3. The molecule has 0 radical (unpaired) electrons. The Morgan fingerprint density at radius 3 is 2.50 bits per heavy atom. The van der Waals surface area contributed by atoms with Crippen LogP contribution in [0.4, 0.5) is 11.9 Å². The lowest BCUT2D eigenvalue weighted by Crippen LogP contribution is -2.36. The molecule has 1 rings (SSSR count). The van der Waals surface area contributed by atoms with Crippen LogP contribution in [-0.4, -0.2) is 38.8 Å². The molecule has 0 aliphatic carbocycles. The minimum atomic E-state index is -0.546. The summed E-state index contributed by atoms with van der Waals surface area (Å²) in [5, 5.41) is 12.2. The van der Waals surface area contributed by atoms with Crippen LogP contribution in [0.2, 0.25) is 0 Å². The van der Waals surface area contributed by atoms with E-state index < -0.39 is 5.54 Å². The van der Waals surface area contributed by atoms with Crippen LogP contribution in [0.25, 0.3) is 0 Å². The first-order valence-corrected chi connectivity index (χ1v) is 5.75. The van der Waals surface area contributed by atoms with Gasteiger partial charge in [-0.2, -0.15) is 15.0 Å². The molecule has 8 nitrogen and oxygen atoms in total. The maximum absolute atomic E-state index is 9.19. The fourth-order valence-electron chi connectivity index (χ4n) is 1.08. The van der Waals surface area contributed by atoms with Gasteiger partial charge in [0.1, 0.15) is 0 Å². The first kappa shape index (κ1) is 14.4. The van der Waals surface area contributed by atoms with Crippen molar-refractivity contribution in [2.75, 3.05) is 24.0 Å². The normalized spacial score (nSPS) is 11.2. The number of nitrogens with one attached hydrogen (secondary N) is 2. The van der Waals surface area contributed by atoms with E-state index in [2.05, 4.69) is 25.7 Å². The number of aromatic nitrogens is 3. The lowest BCUT2D eigenvalue weighted by molar-refractivity contribution is 0.233. The van der Waals surface area contributed by atoms with E-state index in [4.69, 9.17) is 10.6 Å². The molecular formula is C10H20N6O2. The van der Waals surface area contributed by atoms with Crippen molar-refractivity contribution in [2.24, 2.45) is 5.84 Å². The van der Waals surface area contributed by atoms with Crippen molar-refractivity contribution in [2.45, 2.75) is 32.7 Å². The summed E-state index contributed by atoms with van der Waals surface area (Å²) in [7, 11) is 0. The summed E-state index contributed by atoms with van der Waals surface area (Å²) in [5.41, 5.74) is 1.80. The number of hydrazine groups is 1. The quantitative estimate of drug-likeness (QED) is 0.401. The van der Waals surface area contributed by atoms with Gasteiger partial charge in [0.05, 0.1) is 18.8 Å². The molecule has 0 bridgehead atoms. The van der Waals surface area contributed by atoms with Crippen LogP contribution in [0.1, 0.15) is 27.2 Å². The largest absolute Gasteiger partial charge is 0.463 e. The van der Waals surface area contributed by atoms with Gasteiger partial charge >= 0.3 is 6.01 Å². The minimum Gasteiger partial charge on any atom is -0.463 e. The van der Waals surface area contributed by atoms with Gasteiger partial charge in [-0.05, 0) is 20.3 Å². The third-order valence-corrected chi connectivity index (χ3v) is 2.02. The molecular weight excluding hydrogens is 236 g/mol. The zero-order chi connectivity index (χ0) is 13.6. The number of aliphatic hydroxyl groups excluding tert-OH is 1. The molecule has 8 heteroatoms. The number of nitrogens with two attached hydrogens (primary N) is 1. The monoisotopic (exact) mass is 256 g/mol. The van der Waals surface area contributed by atoms with Crippen LogP contribution in [-0.2, 0) is 0 Å². The van der Waals surface area contributed by atoms with Crippen LogP contribution in [0.3, 0.4) is 0 Å². The molecule has 0 fully saturated rings. The van der Waals surface area contributed by atoms with E-state index in [-0.39, 0.29) is 18.6 Å². The highest BCUT2D eigenvalue weighted by molar-refractivity contribution is 5.36. The number of hydrogen-bond acceptors (Lipinski definition) is 8. The summed E-state index contributed by atoms with van der Waals surface area (Å²) in [5.74, 6) is 5.77. The summed E-state index contributed by atoms with van der Waals surface area (Å²) < 4.78 is 5.33. The second-order valence-electron chi connectivity index (χ2n) is 4.42. The molecule has 0 atom stereocenters. The molecule has 1 aromatic rings. The Balaban J connectivity index is 2.89. The molecule has 0 spiro atoms. The lowest BCUT2D eigenvalue weighted by atomic mass is 10.1. The molecule has 0 aliphatic rings. The summed E-state index contributed by atoms with van der Waals surface area (Å²) in [6.45, 7) is 6.07. The zero-order valence-corrected chi connectivity index (χ0v) is 10.9. The Bertz CT molecular complexity index is 385. The highest BCUT2D eigenvalue weighted by Gasteiger charge is 2.18. The average Bonchev–Trinajstić information content (AvgIpc) is 2.35. The standard InChI is InChI=1S/C10H20N6O2/c1-4-5-18-9-13-7(12-8(14-9)16-11)15-10(2,3)6-17/h17H,4-6,11H2,1-3H3,(H2,12,13,14,15,16). The molecule has 0 amide bonds.